The van der Waals surface area contributed by atoms with Crippen LogP contribution in [0.2, 0.25) is 0 Å². The molecule has 106 valence electrons. The van der Waals surface area contributed by atoms with E-state index < -0.39 is 5.97 Å². The summed E-state index contributed by atoms with van der Waals surface area (Å²) in [5, 5.41) is 14.1. The smallest absolute Gasteiger partial charge is 0.315 e. The van der Waals surface area contributed by atoms with Crippen LogP contribution < -0.4 is 10.6 Å². The summed E-state index contributed by atoms with van der Waals surface area (Å²) in [6, 6.07) is 8.35. The Bertz CT molecular complexity index is 544. The van der Waals surface area contributed by atoms with Gasteiger partial charge in [-0.2, -0.15) is 0 Å². The van der Waals surface area contributed by atoms with Gasteiger partial charge >= 0.3 is 12.0 Å². The standard InChI is InChI=1S/C15H18N2O3/c18-12(19)7-8-16-15(20)17-14-11-6-5-9-3-1-2-4-10(9)13(11)14/h1-4,11,13-14H,5-8H2,(H,18,19)(H2,16,17,20). The molecule has 2 aliphatic carbocycles. The minimum atomic E-state index is -0.903. The second kappa shape index (κ2) is 5.15. The van der Waals surface area contributed by atoms with Gasteiger partial charge in [0, 0.05) is 18.5 Å². The first kappa shape index (κ1) is 13.0. The number of carboxylic acid groups (broad SMARTS) is 1. The van der Waals surface area contributed by atoms with Crippen LogP contribution in [0.25, 0.3) is 0 Å². The molecule has 2 aliphatic rings. The van der Waals surface area contributed by atoms with Crippen molar-refractivity contribution in [2.45, 2.75) is 31.2 Å². The van der Waals surface area contributed by atoms with Crippen LogP contribution in [0.3, 0.4) is 0 Å². The zero-order chi connectivity index (χ0) is 14.1. The summed E-state index contributed by atoms with van der Waals surface area (Å²) in [5.74, 6) is 0.0691. The van der Waals surface area contributed by atoms with E-state index in [1.54, 1.807) is 0 Å². The predicted octanol–water partition coefficient (Wildman–Crippen LogP) is 1.49. The molecular weight excluding hydrogens is 256 g/mol. The molecule has 1 saturated carbocycles. The quantitative estimate of drug-likeness (QED) is 0.778. The van der Waals surface area contributed by atoms with Gasteiger partial charge in [-0.15, -0.1) is 0 Å². The van der Waals surface area contributed by atoms with Crippen LogP contribution in [0.5, 0.6) is 0 Å². The van der Waals surface area contributed by atoms with Gasteiger partial charge in [0.15, 0.2) is 0 Å². The van der Waals surface area contributed by atoms with Crippen LogP contribution in [0.4, 0.5) is 4.79 Å². The molecule has 1 fully saturated rings. The van der Waals surface area contributed by atoms with Crippen LogP contribution in [-0.2, 0) is 11.2 Å². The molecule has 0 bridgehead atoms. The van der Waals surface area contributed by atoms with Gasteiger partial charge in [0.25, 0.3) is 0 Å². The number of aryl methyl sites for hydroxylation is 1. The Labute approximate surface area is 117 Å². The molecule has 0 aromatic heterocycles. The number of carboxylic acids is 1. The van der Waals surface area contributed by atoms with Crippen molar-refractivity contribution in [1.82, 2.24) is 10.6 Å². The molecule has 2 amide bonds. The average molecular weight is 274 g/mol. The van der Waals surface area contributed by atoms with Crippen molar-refractivity contribution in [2.24, 2.45) is 5.92 Å². The maximum atomic E-state index is 11.7. The minimum Gasteiger partial charge on any atom is -0.481 e. The maximum Gasteiger partial charge on any atom is 0.315 e. The Morgan fingerprint density at radius 1 is 1.30 bits per heavy atom. The summed E-state index contributed by atoms with van der Waals surface area (Å²) < 4.78 is 0. The van der Waals surface area contributed by atoms with Gasteiger partial charge in [-0.25, -0.2) is 4.79 Å². The molecule has 0 radical (unpaired) electrons. The van der Waals surface area contributed by atoms with Gasteiger partial charge in [0.2, 0.25) is 0 Å². The van der Waals surface area contributed by atoms with E-state index in [9.17, 15) is 9.59 Å². The van der Waals surface area contributed by atoms with Gasteiger partial charge in [-0.3, -0.25) is 4.79 Å². The zero-order valence-corrected chi connectivity index (χ0v) is 11.1. The first-order chi connectivity index (χ1) is 9.66. The number of fused-ring (bicyclic) bond motifs is 3. The summed E-state index contributed by atoms with van der Waals surface area (Å²) in [5.41, 5.74) is 2.75. The van der Waals surface area contributed by atoms with Crippen LogP contribution in [-0.4, -0.2) is 29.7 Å². The van der Waals surface area contributed by atoms with Crippen molar-refractivity contribution < 1.29 is 14.7 Å². The highest BCUT2D eigenvalue weighted by molar-refractivity contribution is 5.76. The van der Waals surface area contributed by atoms with Gasteiger partial charge in [-0.05, 0) is 29.9 Å². The molecule has 0 aliphatic heterocycles. The van der Waals surface area contributed by atoms with Crippen LogP contribution in [0.1, 0.15) is 29.9 Å². The third kappa shape index (κ3) is 2.48. The van der Waals surface area contributed by atoms with Crippen molar-refractivity contribution in [2.75, 3.05) is 6.54 Å². The number of hydrogen-bond acceptors (Lipinski definition) is 2. The lowest BCUT2D eigenvalue weighted by atomic mass is 9.92. The monoisotopic (exact) mass is 274 g/mol. The first-order valence-corrected chi connectivity index (χ1v) is 7.01. The summed E-state index contributed by atoms with van der Waals surface area (Å²) in [7, 11) is 0. The second-order valence-electron chi connectivity index (χ2n) is 5.50. The summed E-state index contributed by atoms with van der Waals surface area (Å²) in [6.45, 7) is 0.166. The molecule has 20 heavy (non-hydrogen) atoms. The lowest BCUT2D eigenvalue weighted by Crippen LogP contribution is -2.38. The number of carbonyl (C=O) groups excluding carboxylic acids is 1. The maximum absolute atomic E-state index is 11.7. The van der Waals surface area contributed by atoms with E-state index in [2.05, 4.69) is 28.8 Å². The molecule has 1 aromatic rings. The summed E-state index contributed by atoms with van der Waals surface area (Å²) >= 11 is 0. The van der Waals surface area contributed by atoms with E-state index in [0.29, 0.717) is 11.8 Å². The number of hydrogen-bond donors (Lipinski definition) is 3. The summed E-state index contributed by atoms with van der Waals surface area (Å²) in [6.07, 6.45) is 2.14. The Balaban J connectivity index is 1.54. The van der Waals surface area contributed by atoms with E-state index in [4.69, 9.17) is 5.11 Å². The molecule has 3 atom stereocenters. The molecule has 1 aromatic carbocycles. The van der Waals surface area contributed by atoms with Crippen LogP contribution in [0, 0.1) is 5.92 Å². The van der Waals surface area contributed by atoms with Crippen molar-refractivity contribution in [3.8, 4) is 0 Å². The first-order valence-electron chi connectivity index (χ1n) is 7.01. The largest absolute Gasteiger partial charge is 0.481 e. The number of carbonyl (C=O) groups is 2. The van der Waals surface area contributed by atoms with Gasteiger partial charge < -0.3 is 15.7 Å². The van der Waals surface area contributed by atoms with Crippen LogP contribution in [0.15, 0.2) is 24.3 Å². The van der Waals surface area contributed by atoms with Crippen molar-refractivity contribution >= 4 is 12.0 Å². The molecule has 3 N–H and O–H groups in total. The Hall–Kier alpha value is -2.04. The van der Waals surface area contributed by atoms with Gasteiger partial charge in [0.1, 0.15) is 0 Å². The fraction of sp³-hybridized carbons (Fsp3) is 0.467. The van der Waals surface area contributed by atoms with E-state index >= 15 is 0 Å². The Morgan fingerprint density at radius 3 is 2.90 bits per heavy atom. The third-order valence-electron chi connectivity index (χ3n) is 4.25. The number of benzene rings is 1. The van der Waals surface area contributed by atoms with Crippen LogP contribution >= 0.6 is 0 Å². The van der Waals surface area contributed by atoms with E-state index in [-0.39, 0.29) is 25.0 Å². The molecular formula is C15H18N2O3. The third-order valence-corrected chi connectivity index (χ3v) is 4.25. The molecule has 0 spiro atoms. The second-order valence-corrected chi connectivity index (χ2v) is 5.50. The molecule has 5 heteroatoms. The van der Waals surface area contributed by atoms with Crippen molar-refractivity contribution in [3.63, 3.8) is 0 Å². The highest BCUT2D eigenvalue weighted by Crippen LogP contribution is 2.54. The number of amides is 2. The zero-order valence-electron chi connectivity index (χ0n) is 11.1. The number of aliphatic carboxylic acids is 1. The number of nitrogens with one attached hydrogen (secondary N) is 2. The molecule has 0 saturated heterocycles. The topological polar surface area (TPSA) is 78.4 Å². The van der Waals surface area contributed by atoms with E-state index in [1.165, 1.54) is 11.1 Å². The Morgan fingerprint density at radius 2 is 2.10 bits per heavy atom. The number of urea groups is 1. The lowest BCUT2D eigenvalue weighted by molar-refractivity contribution is -0.136. The molecule has 3 rings (SSSR count). The Kier molecular flexibility index (Phi) is 3.34. The molecule has 5 nitrogen and oxygen atoms in total. The van der Waals surface area contributed by atoms with Gasteiger partial charge in [0.05, 0.1) is 6.42 Å². The highest BCUT2D eigenvalue weighted by Gasteiger charge is 2.53. The van der Waals surface area contributed by atoms with E-state index in [1.807, 2.05) is 6.07 Å². The van der Waals surface area contributed by atoms with Crippen molar-refractivity contribution in [1.29, 1.82) is 0 Å². The summed E-state index contributed by atoms with van der Waals surface area (Å²) in [4.78, 5) is 22.1. The average Bonchev–Trinajstić information content (AvgIpc) is 3.12. The predicted molar refractivity (Wildman–Crippen MR) is 73.6 cm³/mol. The normalized spacial score (nSPS) is 26.1. The van der Waals surface area contributed by atoms with Crippen molar-refractivity contribution in [3.05, 3.63) is 35.4 Å². The SMILES string of the molecule is O=C(O)CCNC(=O)NC1C2CCc3ccccc3C21. The van der Waals surface area contributed by atoms with Gasteiger partial charge in [-0.1, -0.05) is 24.3 Å². The fourth-order valence-electron chi connectivity index (χ4n) is 3.25. The lowest BCUT2D eigenvalue weighted by Gasteiger charge is -2.13. The van der Waals surface area contributed by atoms with E-state index in [0.717, 1.165) is 12.8 Å². The molecule has 0 heterocycles. The highest BCUT2D eigenvalue weighted by atomic mass is 16.4. The fourth-order valence-corrected chi connectivity index (χ4v) is 3.25. The number of rotatable bonds is 4. The molecule has 3 unspecified atom stereocenters. The minimum absolute atomic E-state index is 0.0478.